The summed E-state index contributed by atoms with van der Waals surface area (Å²) in [6.45, 7) is 0.469. The van der Waals surface area contributed by atoms with Crippen LogP contribution in [0.5, 0.6) is 0 Å². The summed E-state index contributed by atoms with van der Waals surface area (Å²) in [4.78, 5) is 26.5. The fourth-order valence-electron chi connectivity index (χ4n) is 3.61. The molecule has 1 aliphatic rings. The topological polar surface area (TPSA) is 94.4 Å². The first-order valence-corrected chi connectivity index (χ1v) is 9.49. The van der Waals surface area contributed by atoms with Crippen LogP contribution in [0.25, 0.3) is 17.2 Å². The molecule has 3 aromatic rings. The van der Waals surface area contributed by atoms with E-state index in [1.165, 1.54) is 29.5 Å². The monoisotopic (exact) mass is 401 g/mol. The molecule has 1 aliphatic carbocycles. The number of hydrogen-bond acceptors (Lipinski definition) is 5. The minimum absolute atomic E-state index is 0.00719. The van der Waals surface area contributed by atoms with Gasteiger partial charge in [0.15, 0.2) is 0 Å². The van der Waals surface area contributed by atoms with Crippen LogP contribution in [0.4, 0.5) is 10.5 Å². The number of rotatable bonds is 6. The second kappa shape index (κ2) is 8.57. The lowest BCUT2D eigenvalue weighted by atomic mass is 9.98. The Kier molecular flexibility index (Phi) is 5.52. The van der Waals surface area contributed by atoms with Crippen molar-refractivity contribution in [3.8, 4) is 11.1 Å². The quantitative estimate of drug-likeness (QED) is 0.483. The third-order valence-corrected chi connectivity index (χ3v) is 4.97. The van der Waals surface area contributed by atoms with E-state index in [9.17, 15) is 14.9 Å². The van der Waals surface area contributed by atoms with E-state index in [1.54, 1.807) is 12.2 Å². The molecule has 4 rings (SSSR count). The second-order valence-electron chi connectivity index (χ2n) is 6.80. The normalized spacial score (nSPS) is 12.4. The number of nitrogens with one attached hydrogen (secondary N) is 1. The molecule has 1 amide bonds. The van der Waals surface area contributed by atoms with Gasteiger partial charge in [-0.3, -0.25) is 15.1 Å². The number of benzene rings is 2. The van der Waals surface area contributed by atoms with Gasteiger partial charge in [0, 0.05) is 30.8 Å². The van der Waals surface area contributed by atoms with Gasteiger partial charge >= 0.3 is 6.09 Å². The zero-order valence-corrected chi connectivity index (χ0v) is 16.0. The van der Waals surface area contributed by atoms with Gasteiger partial charge in [-0.05, 0) is 28.3 Å². The molecule has 7 heteroatoms. The summed E-state index contributed by atoms with van der Waals surface area (Å²) in [5.74, 6) is 0.00719. The van der Waals surface area contributed by atoms with Crippen molar-refractivity contribution in [1.29, 1.82) is 0 Å². The first-order valence-electron chi connectivity index (χ1n) is 9.49. The Morgan fingerprint density at radius 1 is 1.10 bits per heavy atom. The molecule has 0 atom stereocenters. The Morgan fingerprint density at radius 3 is 2.43 bits per heavy atom. The van der Waals surface area contributed by atoms with E-state index in [4.69, 9.17) is 4.74 Å². The highest BCUT2D eigenvalue weighted by Gasteiger charge is 2.28. The molecular weight excluding hydrogens is 382 g/mol. The smallest absolute Gasteiger partial charge is 0.407 e. The minimum atomic E-state index is -0.520. The number of amides is 1. The van der Waals surface area contributed by atoms with E-state index in [2.05, 4.69) is 34.6 Å². The van der Waals surface area contributed by atoms with Crippen molar-refractivity contribution >= 4 is 17.9 Å². The van der Waals surface area contributed by atoms with Crippen LogP contribution in [0, 0.1) is 10.1 Å². The fourth-order valence-corrected chi connectivity index (χ4v) is 3.61. The maximum atomic E-state index is 12.1. The molecule has 0 unspecified atom stereocenters. The Morgan fingerprint density at radius 2 is 1.77 bits per heavy atom. The van der Waals surface area contributed by atoms with Crippen LogP contribution >= 0.6 is 0 Å². The van der Waals surface area contributed by atoms with E-state index in [0.29, 0.717) is 5.69 Å². The van der Waals surface area contributed by atoms with Crippen molar-refractivity contribution in [1.82, 2.24) is 10.3 Å². The summed E-state index contributed by atoms with van der Waals surface area (Å²) < 4.78 is 5.45. The SMILES string of the molecule is O=C(NCC=Cc1cc([N+](=O)[O-])ccn1)OCC1c2ccccc2-c2ccccc21. The summed E-state index contributed by atoms with van der Waals surface area (Å²) in [7, 11) is 0. The van der Waals surface area contributed by atoms with Crippen molar-refractivity contribution < 1.29 is 14.5 Å². The first kappa shape index (κ1) is 19.3. The standard InChI is InChI=1S/C23H19N3O4/c27-23(25-12-5-6-16-14-17(26(28)29)11-13-24-16)30-15-22-20-9-3-1-7-18(20)19-8-2-4-10-21(19)22/h1-11,13-14,22H,12,15H2,(H,25,27). The summed E-state index contributed by atoms with van der Waals surface area (Å²) in [5.41, 5.74) is 5.07. The number of hydrogen-bond donors (Lipinski definition) is 1. The predicted molar refractivity (Wildman–Crippen MR) is 113 cm³/mol. The maximum absolute atomic E-state index is 12.1. The summed E-state index contributed by atoms with van der Waals surface area (Å²) in [6.07, 6.45) is 4.12. The number of pyridine rings is 1. The van der Waals surface area contributed by atoms with Gasteiger partial charge in [0.05, 0.1) is 10.6 Å². The average Bonchev–Trinajstić information content (AvgIpc) is 3.09. The molecule has 150 valence electrons. The molecule has 0 saturated carbocycles. The molecule has 0 radical (unpaired) electrons. The molecule has 0 spiro atoms. The van der Waals surface area contributed by atoms with Crippen molar-refractivity contribution in [3.63, 3.8) is 0 Å². The highest BCUT2D eigenvalue weighted by atomic mass is 16.6. The van der Waals surface area contributed by atoms with E-state index >= 15 is 0 Å². The van der Waals surface area contributed by atoms with Gasteiger partial charge in [-0.2, -0.15) is 0 Å². The zero-order chi connectivity index (χ0) is 20.9. The van der Waals surface area contributed by atoms with Crippen LogP contribution < -0.4 is 5.32 Å². The van der Waals surface area contributed by atoms with Crippen LogP contribution in [0.2, 0.25) is 0 Å². The number of carbonyl (C=O) groups excluding carboxylic acids is 1. The van der Waals surface area contributed by atoms with Gasteiger partial charge in [0.1, 0.15) is 6.61 Å². The van der Waals surface area contributed by atoms with Crippen LogP contribution in [-0.2, 0) is 4.74 Å². The summed E-state index contributed by atoms with van der Waals surface area (Å²) in [6, 6.07) is 19.0. The lowest BCUT2D eigenvalue weighted by Crippen LogP contribution is -2.26. The third-order valence-electron chi connectivity index (χ3n) is 4.97. The van der Waals surface area contributed by atoms with Gasteiger partial charge in [0.25, 0.3) is 5.69 Å². The van der Waals surface area contributed by atoms with E-state index in [-0.39, 0.29) is 24.8 Å². The highest BCUT2D eigenvalue weighted by molar-refractivity contribution is 5.79. The number of fused-ring (bicyclic) bond motifs is 3. The number of ether oxygens (including phenoxy) is 1. The van der Waals surface area contributed by atoms with Crippen LogP contribution in [0.1, 0.15) is 22.7 Å². The maximum Gasteiger partial charge on any atom is 0.407 e. The number of nitrogens with zero attached hydrogens (tertiary/aromatic N) is 2. The lowest BCUT2D eigenvalue weighted by molar-refractivity contribution is -0.384. The molecule has 0 bridgehead atoms. The van der Waals surface area contributed by atoms with Crippen LogP contribution in [0.15, 0.2) is 72.9 Å². The average molecular weight is 401 g/mol. The van der Waals surface area contributed by atoms with Gasteiger partial charge in [-0.15, -0.1) is 0 Å². The molecule has 1 N–H and O–H groups in total. The third kappa shape index (κ3) is 4.05. The van der Waals surface area contributed by atoms with Crippen LogP contribution in [0.3, 0.4) is 0 Å². The molecule has 30 heavy (non-hydrogen) atoms. The molecule has 1 heterocycles. The number of nitro groups is 1. The molecular formula is C23H19N3O4. The predicted octanol–water partition coefficient (Wildman–Crippen LogP) is 4.54. The summed E-state index contributed by atoms with van der Waals surface area (Å²) in [5, 5.41) is 13.4. The van der Waals surface area contributed by atoms with Crippen molar-refractivity contribution in [2.75, 3.05) is 13.2 Å². The Labute approximate surface area is 173 Å². The zero-order valence-electron chi connectivity index (χ0n) is 16.0. The Balaban J connectivity index is 1.32. The van der Waals surface area contributed by atoms with Crippen LogP contribution in [-0.4, -0.2) is 29.2 Å². The van der Waals surface area contributed by atoms with E-state index < -0.39 is 11.0 Å². The molecule has 1 aromatic heterocycles. The Bertz CT molecular complexity index is 1080. The second-order valence-corrected chi connectivity index (χ2v) is 6.80. The number of carbonyl (C=O) groups is 1. The van der Waals surface area contributed by atoms with Crippen molar-refractivity contribution in [3.05, 3.63) is 99.9 Å². The molecule has 0 aliphatic heterocycles. The molecule has 0 saturated heterocycles. The Hall–Kier alpha value is -4.00. The van der Waals surface area contributed by atoms with Gasteiger partial charge in [-0.1, -0.05) is 54.6 Å². The van der Waals surface area contributed by atoms with Crippen molar-refractivity contribution in [2.45, 2.75) is 5.92 Å². The van der Waals surface area contributed by atoms with E-state index in [1.807, 2.05) is 24.3 Å². The van der Waals surface area contributed by atoms with E-state index in [0.717, 1.165) is 11.1 Å². The number of alkyl carbamates (subject to hydrolysis) is 1. The van der Waals surface area contributed by atoms with Gasteiger partial charge in [0.2, 0.25) is 0 Å². The highest BCUT2D eigenvalue weighted by Crippen LogP contribution is 2.44. The van der Waals surface area contributed by atoms with Crippen molar-refractivity contribution in [2.24, 2.45) is 0 Å². The largest absolute Gasteiger partial charge is 0.449 e. The molecule has 0 fully saturated rings. The summed E-state index contributed by atoms with van der Waals surface area (Å²) >= 11 is 0. The minimum Gasteiger partial charge on any atom is -0.449 e. The molecule has 2 aromatic carbocycles. The first-order chi connectivity index (χ1) is 14.6. The fraction of sp³-hybridized carbons (Fsp3) is 0.130. The van der Waals surface area contributed by atoms with Gasteiger partial charge < -0.3 is 10.1 Å². The van der Waals surface area contributed by atoms with Gasteiger partial charge in [-0.25, -0.2) is 4.79 Å². The molecule has 7 nitrogen and oxygen atoms in total. The number of aromatic nitrogens is 1. The lowest BCUT2D eigenvalue weighted by Gasteiger charge is -2.14.